The van der Waals surface area contributed by atoms with Crippen LogP contribution in [0.15, 0.2) is 0 Å². The minimum atomic E-state index is -0.849. The third-order valence-corrected chi connectivity index (χ3v) is 2.34. The van der Waals surface area contributed by atoms with Crippen LogP contribution in [0, 0.1) is 11.8 Å². The van der Waals surface area contributed by atoms with E-state index in [0.717, 1.165) is 6.42 Å². The van der Waals surface area contributed by atoms with E-state index < -0.39 is 6.10 Å². The summed E-state index contributed by atoms with van der Waals surface area (Å²) in [6, 6.07) is 0.311. The Morgan fingerprint density at radius 2 is 2.08 bits per heavy atom. The van der Waals surface area contributed by atoms with Crippen LogP contribution in [0.25, 0.3) is 0 Å². The predicted octanol–water partition coefficient (Wildman–Crippen LogP) is 0.528. The average Bonchev–Trinajstić information content (AvgIpc) is 2.64. The van der Waals surface area contributed by atoms with Crippen molar-refractivity contribution in [1.29, 1.82) is 0 Å². The molecule has 0 saturated heterocycles. The van der Waals surface area contributed by atoms with Gasteiger partial charge in [0.25, 0.3) is 0 Å². The van der Waals surface area contributed by atoms with Gasteiger partial charge in [-0.15, -0.1) is 0 Å². The summed E-state index contributed by atoms with van der Waals surface area (Å²) < 4.78 is 0. The zero-order valence-electron chi connectivity index (χ0n) is 7.87. The molecule has 3 nitrogen and oxygen atoms in total. The van der Waals surface area contributed by atoms with E-state index in [0.29, 0.717) is 12.0 Å². The van der Waals surface area contributed by atoms with E-state index in [1.165, 1.54) is 0 Å². The van der Waals surface area contributed by atoms with E-state index in [4.69, 9.17) is 0 Å². The lowest BCUT2D eigenvalue weighted by atomic mass is 10.1. The molecule has 1 amide bonds. The van der Waals surface area contributed by atoms with E-state index in [9.17, 15) is 9.90 Å². The van der Waals surface area contributed by atoms with Gasteiger partial charge in [-0.2, -0.15) is 0 Å². The number of nitrogens with one attached hydrogen (secondary N) is 1. The average molecular weight is 171 g/mol. The quantitative estimate of drug-likeness (QED) is 0.650. The van der Waals surface area contributed by atoms with Crippen LogP contribution in [0.4, 0.5) is 0 Å². The van der Waals surface area contributed by atoms with Gasteiger partial charge >= 0.3 is 0 Å². The molecule has 3 heteroatoms. The van der Waals surface area contributed by atoms with E-state index >= 15 is 0 Å². The number of rotatable bonds is 3. The zero-order valence-corrected chi connectivity index (χ0v) is 7.87. The minimum absolute atomic E-state index is 0.000874. The van der Waals surface area contributed by atoms with Gasteiger partial charge in [-0.05, 0) is 18.3 Å². The maximum absolute atomic E-state index is 11.2. The molecule has 0 spiro atoms. The summed E-state index contributed by atoms with van der Waals surface area (Å²) in [6.07, 6.45) is 0.203. The normalized spacial score (nSPS) is 30.1. The number of hydrogen-bond donors (Lipinski definition) is 2. The third kappa shape index (κ3) is 2.21. The summed E-state index contributed by atoms with van der Waals surface area (Å²) in [5, 5.41) is 12.1. The molecule has 0 aliphatic heterocycles. The van der Waals surface area contributed by atoms with Crippen molar-refractivity contribution in [3.8, 4) is 0 Å². The Morgan fingerprint density at radius 3 is 2.42 bits per heavy atom. The summed E-state index contributed by atoms with van der Waals surface area (Å²) >= 11 is 0. The second kappa shape index (κ2) is 3.44. The van der Waals surface area contributed by atoms with Crippen LogP contribution in [0.3, 0.4) is 0 Å². The molecule has 2 unspecified atom stereocenters. The molecule has 0 aromatic heterocycles. The molecular formula is C9H17NO2. The van der Waals surface area contributed by atoms with Gasteiger partial charge in [-0.1, -0.05) is 20.8 Å². The molecule has 0 bridgehead atoms. The van der Waals surface area contributed by atoms with Crippen molar-refractivity contribution in [2.75, 3.05) is 0 Å². The number of aliphatic hydroxyl groups excluding tert-OH is 1. The van der Waals surface area contributed by atoms with Crippen molar-refractivity contribution < 1.29 is 9.90 Å². The van der Waals surface area contributed by atoms with Crippen molar-refractivity contribution in [2.24, 2.45) is 11.8 Å². The molecule has 1 rings (SSSR count). The minimum Gasteiger partial charge on any atom is -0.383 e. The predicted molar refractivity (Wildman–Crippen MR) is 46.6 cm³/mol. The van der Waals surface area contributed by atoms with Gasteiger partial charge in [0.1, 0.15) is 6.10 Å². The lowest BCUT2D eigenvalue weighted by Crippen LogP contribution is -2.39. The number of amides is 1. The zero-order chi connectivity index (χ0) is 9.30. The van der Waals surface area contributed by atoms with Gasteiger partial charge in [0, 0.05) is 6.04 Å². The van der Waals surface area contributed by atoms with Gasteiger partial charge in [0.05, 0.1) is 0 Å². The van der Waals surface area contributed by atoms with Crippen LogP contribution in [0.1, 0.15) is 27.2 Å². The first-order valence-electron chi connectivity index (χ1n) is 4.50. The number of carbonyl (C=O) groups excluding carboxylic acids is 1. The van der Waals surface area contributed by atoms with Crippen molar-refractivity contribution in [1.82, 2.24) is 5.32 Å². The Balaban J connectivity index is 2.28. The molecule has 70 valence electrons. The van der Waals surface area contributed by atoms with Crippen molar-refractivity contribution >= 4 is 5.91 Å². The fourth-order valence-electron chi connectivity index (χ4n) is 1.09. The highest BCUT2D eigenvalue weighted by atomic mass is 16.3. The van der Waals surface area contributed by atoms with Crippen LogP contribution >= 0.6 is 0 Å². The Bertz CT molecular complexity index is 179. The lowest BCUT2D eigenvalue weighted by molar-refractivity contribution is -0.131. The standard InChI is InChI=1S/C9H17NO2/c1-5(2)8(11)9(12)10-7-4-6(7)3/h5-8,11H,4H2,1-3H3,(H,10,12)/t6?,7?,8-/m0/s1. The van der Waals surface area contributed by atoms with Crippen LogP contribution in [0.5, 0.6) is 0 Å². The summed E-state index contributed by atoms with van der Waals surface area (Å²) in [6.45, 7) is 5.76. The maximum atomic E-state index is 11.2. The van der Waals surface area contributed by atoms with Crippen LogP contribution in [0.2, 0.25) is 0 Å². The second-order valence-corrected chi connectivity index (χ2v) is 4.02. The van der Waals surface area contributed by atoms with Crippen LogP contribution < -0.4 is 5.32 Å². The molecule has 12 heavy (non-hydrogen) atoms. The van der Waals surface area contributed by atoms with Crippen molar-refractivity contribution in [3.63, 3.8) is 0 Å². The SMILES string of the molecule is CC1CC1NC(=O)[C@@H](O)C(C)C. The molecule has 1 fully saturated rings. The number of aliphatic hydroxyl groups is 1. The number of carbonyl (C=O) groups is 1. The fourth-order valence-corrected chi connectivity index (χ4v) is 1.09. The van der Waals surface area contributed by atoms with Crippen molar-refractivity contribution in [2.45, 2.75) is 39.3 Å². The first-order chi connectivity index (χ1) is 5.52. The van der Waals surface area contributed by atoms with Gasteiger partial charge in [-0.25, -0.2) is 0 Å². The molecule has 1 aliphatic rings. The molecule has 0 aromatic carbocycles. The van der Waals surface area contributed by atoms with Gasteiger partial charge in [0.15, 0.2) is 0 Å². The summed E-state index contributed by atoms with van der Waals surface area (Å²) in [4.78, 5) is 11.2. The second-order valence-electron chi connectivity index (χ2n) is 4.02. The van der Waals surface area contributed by atoms with E-state index in [1.54, 1.807) is 0 Å². The Kier molecular flexibility index (Phi) is 2.73. The van der Waals surface area contributed by atoms with E-state index in [2.05, 4.69) is 12.2 Å². The van der Waals surface area contributed by atoms with E-state index in [-0.39, 0.29) is 11.8 Å². The van der Waals surface area contributed by atoms with Crippen molar-refractivity contribution in [3.05, 3.63) is 0 Å². The molecule has 3 atom stereocenters. The molecule has 0 radical (unpaired) electrons. The smallest absolute Gasteiger partial charge is 0.249 e. The Hall–Kier alpha value is -0.570. The summed E-state index contributed by atoms with van der Waals surface area (Å²) in [7, 11) is 0. The van der Waals surface area contributed by atoms with E-state index in [1.807, 2.05) is 13.8 Å². The monoisotopic (exact) mass is 171 g/mol. The maximum Gasteiger partial charge on any atom is 0.249 e. The first-order valence-corrected chi connectivity index (χ1v) is 4.50. The van der Waals surface area contributed by atoms with Crippen LogP contribution in [-0.2, 0) is 4.79 Å². The largest absolute Gasteiger partial charge is 0.383 e. The molecule has 2 N–H and O–H groups in total. The highest BCUT2D eigenvalue weighted by Crippen LogP contribution is 2.29. The van der Waals surface area contributed by atoms with Gasteiger partial charge < -0.3 is 10.4 Å². The highest BCUT2D eigenvalue weighted by molar-refractivity contribution is 5.81. The van der Waals surface area contributed by atoms with Gasteiger partial charge in [0.2, 0.25) is 5.91 Å². The summed E-state index contributed by atoms with van der Waals surface area (Å²) in [5.41, 5.74) is 0. The summed E-state index contributed by atoms with van der Waals surface area (Å²) in [5.74, 6) is 0.367. The molecule has 0 heterocycles. The Morgan fingerprint density at radius 1 is 1.58 bits per heavy atom. The molecule has 1 aliphatic carbocycles. The molecule has 1 saturated carbocycles. The topological polar surface area (TPSA) is 49.3 Å². The highest BCUT2D eigenvalue weighted by Gasteiger charge is 2.35. The van der Waals surface area contributed by atoms with Gasteiger partial charge in [-0.3, -0.25) is 4.79 Å². The molecular weight excluding hydrogens is 154 g/mol. The first kappa shape index (κ1) is 9.52. The number of hydrogen-bond acceptors (Lipinski definition) is 2. The lowest BCUT2D eigenvalue weighted by Gasteiger charge is -2.13. The third-order valence-electron chi connectivity index (χ3n) is 2.34. The Labute approximate surface area is 73.2 Å². The van der Waals surface area contributed by atoms with Crippen LogP contribution in [-0.4, -0.2) is 23.2 Å². The fraction of sp³-hybridized carbons (Fsp3) is 0.889. The molecule has 0 aromatic rings.